The molecule has 0 aliphatic rings. The van der Waals surface area contributed by atoms with Crippen molar-refractivity contribution in [3.8, 4) is 0 Å². The van der Waals surface area contributed by atoms with E-state index in [0.717, 1.165) is 0 Å². The van der Waals surface area contributed by atoms with Crippen LogP contribution in [-0.4, -0.2) is 96.6 Å². The van der Waals surface area contributed by atoms with Gasteiger partial charge < -0.3 is 10.5 Å². The maximum atomic E-state index is 12.6. The summed E-state index contributed by atoms with van der Waals surface area (Å²) >= 11 is 0. The predicted octanol–water partition coefficient (Wildman–Crippen LogP) is 8.43. The van der Waals surface area contributed by atoms with Gasteiger partial charge in [-0.3, -0.25) is 9.11 Å². The molecule has 0 aliphatic heterocycles. The van der Waals surface area contributed by atoms with E-state index in [9.17, 15) is 113 Å². The van der Waals surface area contributed by atoms with Crippen LogP contribution in [0.2, 0.25) is 0 Å². The molecular formula is C44H33F16KO12S6. The minimum Gasteiger partial charge on any atom is -1.00 e. The second kappa shape index (κ2) is 26.6. The standard InChI is InChI=1S/2C18H15S.2C4H2F8O6S2.K.H/c2*1-4-10-16(11-5-1)19(17-12-6-2-7-13-17)18-14-8-3-9-15-18;2*5-1(6,3(9,10)19(13,14)15)2(7,8)4(11,12)20(16,17)18;;/h2*1-15H;2*(H,13,14,15)(H,16,17,18);;/q2*+1;;;+1;-1/p-2. The molecule has 0 aromatic heterocycles. The van der Waals surface area contributed by atoms with Crippen molar-refractivity contribution in [2.45, 2.75) is 74.1 Å². The molecule has 0 atom stereocenters. The van der Waals surface area contributed by atoms with E-state index in [1.165, 1.54) is 29.4 Å². The van der Waals surface area contributed by atoms with Crippen molar-refractivity contribution < 1.29 is 175 Å². The average molecular weight is 1290 g/mol. The van der Waals surface area contributed by atoms with Gasteiger partial charge in [-0.15, -0.1) is 0 Å². The van der Waals surface area contributed by atoms with Gasteiger partial charge in [0.15, 0.2) is 49.6 Å². The quantitative estimate of drug-likeness (QED) is 0.0403. The Bertz CT molecular complexity index is 2860. The molecule has 6 aromatic carbocycles. The molecule has 79 heavy (non-hydrogen) atoms. The van der Waals surface area contributed by atoms with E-state index in [4.69, 9.17) is 9.11 Å². The Balaban J connectivity index is 0.000000529. The van der Waals surface area contributed by atoms with Crippen LogP contribution >= 0.6 is 0 Å². The molecule has 430 valence electrons. The van der Waals surface area contributed by atoms with Gasteiger partial charge in [-0.25, -0.2) is 16.8 Å². The summed E-state index contributed by atoms with van der Waals surface area (Å²) in [5, 5.41) is -29.0. The smallest absolute Gasteiger partial charge is 1.00 e. The summed E-state index contributed by atoms with van der Waals surface area (Å²) in [5.41, 5.74) is 0. The van der Waals surface area contributed by atoms with Gasteiger partial charge >= 0.3 is 116 Å². The Morgan fingerprint density at radius 3 is 0.532 bits per heavy atom. The Kier molecular flexibility index (Phi) is 24.0. The topological polar surface area (TPSA) is 223 Å². The molecule has 0 aliphatic carbocycles. The summed E-state index contributed by atoms with van der Waals surface area (Å²) in [6.07, 6.45) is 0. The molecule has 0 saturated carbocycles. The summed E-state index contributed by atoms with van der Waals surface area (Å²) in [6, 6.07) is 64.3. The number of benzene rings is 6. The molecule has 12 nitrogen and oxygen atoms in total. The first kappa shape index (κ1) is 71.3. The Morgan fingerprint density at radius 2 is 0.418 bits per heavy atom. The van der Waals surface area contributed by atoms with Crippen LogP contribution in [0.3, 0.4) is 0 Å². The van der Waals surface area contributed by atoms with Crippen LogP contribution < -0.4 is 51.4 Å². The molecule has 0 bridgehead atoms. The van der Waals surface area contributed by atoms with Crippen molar-refractivity contribution in [3.05, 3.63) is 182 Å². The molecular weight excluding hydrogens is 1260 g/mol. The fourth-order valence-electron chi connectivity index (χ4n) is 5.52. The van der Waals surface area contributed by atoms with E-state index >= 15 is 0 Å². The summed E-state index contributed by atoms with van der Waals surface area (Å²) < 4.78 is 313. The van der Waals surface area contributed by atoms with Crippen LogP contribution in [0.5, 0.6) is 0 Å². The molecule has 0 saturated heterocycles. The van der Waals surface area contributed by atoms with Crippen molar-refractivity contribution in [2.75, 3.05) is 0 Å². The molecule has 6 rings (SSSR count). The van der Waals surface area contributed by atoms with Crippen molar-refractivity contribution in [1.82, 2.24) is 0 Å². The monoisotopic (exact) mass is 1290 g/mol. The predicted molar refractivity (Wildman–Crippen MR) is 246 cm³/mol. The van der Waals surface area contributed by atoms with Crippen LogP contribution in [0.4, 0.5) is 70.2 Å². The maximum Gasteiger partial charge on any atom is 1.00 e. The number of hydrogen-bond acceptors (Lipinski definition) is 10. The van der Waals surface area contributed by atoms with Crippen LogP contribution in [0.25, 0.3) is 0 Å². The molecule has 2 N–H and O–H groups in total. The fraction of sp³-hybridized carbons (Fsp3) is 0.182. The summed E-state index contributed by atoms with van der Waals surface area (Å²) in [7, 11) is -29.9. The van der Waals surface area contributed by atoms with Crippen molar-refractivity contribution in [1.29, 1.82) is 0 Å². The van der Waals surface area contributed by atoms with E-state index in [1.807, 2.05) is 0 Å². The van der Waals surface area contributed by atoms with Crippen LogP contribution in [0, 0.1) is 0 Å². The number of hydrogen-bond donors (Lipinski definition) is 2. The third-order valence-electron chi connectivity index (χ3n) is 9.40. The molecule has 0 spiro atoms. The molecule has 0 radical (unpaired) electrons. The van der Waals surface area contributed by atoms with Gasteiger partial charge in [-0.2, -0.15) is 87.1 Å². The first-order valence-corrected chi connectivity index (χ1v) is 28.2. The van der Waals surface area contributed by atoms with Crippen LogP contribution in [-0.2, 0) is 62.3 Å². The molecule has 6 aromatic rings. The first-order valence-electron chi connectivity index (χ1n) is 20.1. The number of rotatable bonds is 16. The number of alkyl halides is 16. The summed E-state index contributed by atoms with van der Waals surface area (Å²) in [5.74, 6) is -30.5. The molecule has 0 amide bonds. The van der Waals surface area contributed by atoms with Gasteiger partial charge in [-0.1, -0.05) is 109 Å². The normalized spacial score (nSPS) is 13.3. The number of halogens is 16. The summed E-state index contributed by atoms with van der Waals surface area (Å²) in [6.45, 7) is 0. The third-order valence-corrected chi connectivity index (χ3v) is 17.4. The Labute approximate surface area is 488 Å². The molecule has 35 heteroatoms. The van der Waals surface area contributed by atoms with Gasteiger partial charge in [-0.05, 0) is 72.8 Å². The molecule has 0 heterocycles. The third kappa shape index (κ3) is 15.4. The van der Waals surface area contributed by atoms with Gasteiger partial charge in [0.1, 0.15) is 0 Å². The van der Waals surface area contributed by atoms with E-state index in [2.05, 4.69) is 182 Å². The Hall–Kier alpha value is -3.82. The van der Waals surface area contributed by atoms with E-state index in [-0.39, 0.29) is 74.6 Å². The van der Waals surface area contributed by atoms with E-state index in [1.54, 1.807) is 0 Å². The van der Waals surface area contributed by atoms with Gasteiger partial charge in [0.05, 0.1) is 21.8 Å². The van der Waals surface area contributed by atoms with Gasteiger partial charge in [0.2, 0.25) is 0 Å². The SMILES string of the molecule is O=S(=O)(O)C(F)(F)C(F)(F)C(F)(F)C(F)(F)S(=O)(=O)O.O=S(=O)([O-])C(F)(F)C(F)(F)C(F)(F)C(F)(F)S(=O)(=O)[O-].[H-].[K+].c1ccc([S+](c2ccccc2)c2ccccc2)cc1.c1ccc([S+](c2ccccc2)c2ccccc2)cc1. The fourth-order valence-corrected chi connectivity index (χ4v) is 11.5. The second-order valence-electron chi connectivity index (χ2n) is 14.7. The van der Waals surface area contributed by atoms with Crippen LogP contribution in [0.1, 0.15) is 1.43 Å². The second-order valence-corrected chi connectivity index (χ2v) is 24.5. The minimum atomic E-state index is -7.68. The van der Waals surface area contributed by atoms with Gasteiger partial charge in [0.25, 0.3) is 0 Å². The van der Waals surface area contributed by atoms with Crippen molar-refractivity contribution in [2.24, 2.45) is 0 Å². The largest absolute Gasteiger partial charge is 1.00 e. The zero-order valence-corrected chi connectivity index (χ0v) is 46.8. The van der Waals surface area contributed by atoms with E-state index in [0.29, 0.717) is 0 Å². The average Bonchev–Trinajstić information content (AvgIpc) is 3.35. The van der Waals surface area contributed by atoms with Crippen LogP contribution in [0.15, 0.2) is 211 Å². The first-order chi connectivity index (χ1) is 35.4. The van der Waals surface area contributed by atoms with Gasteiger partial charge in [0, 0.05) is 0 Å². The zero-order valence-electron chi connectivity index (χ0n) is 39.8. The van der Waals surface area contributed by atoms with Crippen molar-refractivity contribution >= 4 is 62.3 Å². The summed E-state index contributed by atoms with van der Waals surface area (Å²) in [4.78, 5) is 8.17. The zero-order chi connectivity index (χ0) is 59.8. The van der Waals surface area contributed by atoms with Crippen molar-refractivity contribution in [3.63, 3.8) is 0 Å². The molecule has 0 fully saturated rings. The Morgan fingerprint density at radius 1 is 0.291 bits per heavy atom. The maximum absolute atomic E-state index is 12.6. The van der Waals surface area contributed by atoms with E-state index < -0.39 is 85.2 Å². The molecule has 0 unspecified atom stereocenters. The minimum absolute atomic E-state index is 0.